The molecule has 0 fully saturated rings. The van der Waals surface area contributed by atoms with Gasteiger partial charge >= 0.3 is 0 Å². The van der Waals surface area contributed by atoms with Gasteiger partial charge in [0.05, 0.1) is 15.1 Å². The van der Waals surface area contributed by atoms with Crippen molar-refractivity contribution in [2.24, 2.45) is 0 Å². The topological polar surface area (TPSA) is 114 Å². The molecule has 0 aliphatic carbocycles. The van der Waals surface area contributed by atoms with Crippen LogP contribution in [0.1, 0.15) is 20.7 Å². The van der Waals surface area contributed by atoms with Gasteiger partial charge in [-0.15, -0.1) is 0 Å². The van der Waals surface area contributed by atoms with E-state index < -0.39 is 10.8 Å². The van der Waals surface area contributed by atoms with Crippen LogP contribution in [0.2, 0.25) is 0 Å². The number of benzene rings is 3. The van der Waals surface area contributed by atoms with Gasteiger partial charge in [0.15, 0.2) is 5.13 Å². The van der Waals surface area contributed by atoms with Crippen LogP contribution in [0.3, 0.4) is 0 Å². The number of nitrogens with zero attached hydrogens (tertiary/aromatic N) is 2. The maximum Gasteiger partial charge on any atom is 0.269 e. The number of anilines is 2. The van der Waals surface area contributed by atoms with Gasteiger partial charge in [0, 0.05) is 28.9 Å². The Labute approximate surface area is 174 Å². The highest BCUT2D eigenvalue weighted by Crippen LogP contribution is 2.27. The Hall–Kier alpha value is -4.11. The van der Waals surface area contributed by atoms with E-state index >= 15 is 0 Å². The van der Waals surface area contributed by atoms with Gasteiger partial charge in [-0.1, -0.05) is 29.5 Å². The predicted octanol–water partition coefficient (Wildman–Crippen LogP) is 4.71. The Balaban J connectivity index is 1.50. The number of hydrogen-bond acceptors (Lipinski definition) is 6. The quantitative estimate of drug-likeness (QED) is 0.360. The number of nitrogens with one attached hydrogen (secondary N) is 2. The smallest absolute Gasteiger partial charge is 0.269 e. The zero-order chi connectivity index (χ0) is 21.1. The van der Waals surface area contributed by atoms with Crippen LogP contribution < -0.4 is 10.6 Å². The van der Waals surface area contributed by atoms with Crippen LogP contribution in [0.4, 0.5) is 16.5 Å². The van der Waals surface area contributed by atoms with E-state index in [-0.39, 0.29) is 17.2 Å². The summed E-state index contributed by atoms with van der Waals surface area (Å²) in [7, 11) is 0. The molecule has 1 aromatic heterocycles. The summed E-state index contributed by atoms with van der Waals surface area (Å²) in [5.41, 5.74) is 2.01. The van der Waals surface area contributed by atoms with E-state index in [1.807, 2.05) is 18.2 Å². The molecule has 2 N–H and O–H groups in total. The van der Waals surface area contributed by atoms with Crippen LogP contribution >= 0.6 is 11.3 Å². The molecule has 0 bridgehead atoms. The molecule has 4 aromatic rings. The highest BCUT2D eigenvalue weighted by Gasteiger charge is 2.14. The second-order valence-electron chi connectivity index (χ2n) is 6.28. The van der Waals surface area contributed by atoms with E-state index in [0.717, 1.165) is 4.70 Å². The first-order valence-corrected chi connectivity index (χ1v) is 9.64. The third-order valence-corrected chi connectivity index (χ3v) is 5.18. The van der Waals surface area contributed by atoms with Crippen molar-refractivity contribution in [1.29, 1.82) is 0 Å². The van der Waals surface area contributed by atoms with Crippen LogP contribution in [0.25, 0.3) is 10.2 Å². The average Bonchev–Trinajstić information content (AvgIpc) is 3.15. The van der Waals surface area contributed by atoms with Crippen LogP contribution in [-0.4, -0.2) is 21.7 Å². The van der Waals surface area contributed by atoms with Crippen molar-refractivity contribution >= 4 is 49.9 Å². The lowest BCUT2D eigenvalue weighted by atomic mass is 10.2. The summed E-state index contributed by atoms with van der Waals surface area (Å²) in [4.78, 5) is 39.4. The molecule has 3 aromatic carbocycles. The largest absolute Gasteiger partial charge is 0.322 e. The molecule has 0 saturated carbocycles. The highest BCUT2D eigenvalue weighted by atomic mass is 32.1. The summed E-state index contributed by atoms with van der Waals surface area (Å²) in [6.07, 6.45) is 0. The summed E-state index contributed by atoms with van der Waals surface area (Å²) in [5, 5.41) is 16.6. The lowest BCUT2D eigenvalue weighted by Crippen LogP contribution is -2.11. The predicted molar refractivity (Wildman–Crippen MR) is 115 cm³/mol. The maximum absolute atomic E-state index is 12.5. The van der Waals surface area contributed by atoms with Gasteiger partial charge in [-0.05, 0) is 42.5 Å². The fourth-order valence-electron chi connectivity index (χ4n) is 2.75. The van der Waals surface area contributed by atoms with E-state index in [2.05, 4.69) is 15.6 Å². The van der Waals surface area contributed by atoms with E-state index in [0.29, 0.717) is 21.9 Å². The van der Waals surface area contributed by atoms with Crippen LogP contribution in [0.5, 0.6) is 0 Å². The van der Waals surface area contributed by atoms with Gasteiger partial charge in [-0.2, -0.15) is 0 Å². The van der Waals surface area contributed by atoms with Crippen molar-refractivity contribution in [3.63, 3.8) is 0 Å². The molecular formula is C21H14N4O4S. The number of para-hydroxylation sites is 1. The number of aromatic nitrogens is 1. The minimum Gasteiger partial charge on any atom is -0.322 e. The fourth-order valence-corrected chi connectivity index (χ4v) is 3.65. The minimum atomic E-state index is -0.527. The molecule has 148 valence electrons. The lowest BCUT2D eigenvalue weighted by molar-refractivity contribution is -0.384. The third-order valence-electron chi connectivity index (χ3n) is 4.24. The SMILES string of the molecule is O=C(Nc1ccccc1)c1ccc2nc(NC(=O)c3ccc([N+](=O)[O-])cc3)sc2c1. The summed E-state index contributed by atoms with van der Waals surface area (Å²) in [5.74, 6) is -0.668. The summed E-state index contributed by atoms with van der Waals surface area (Å²) < 4.78 is 0.745. The number of carbonyl (C=O) groups is 2. The number of rotatable bonds is 5. The lowest BCUT2D eigenvalue weighted by Gasteiger charge is -2.04. The molecular weight excluding hydrogens is 404 g/mol. The molecule has 8 nitrogen and oxygen atoms in total. The number of hydrogen-bond donors (Lipinski definition) is 2. The standard InChI is InChI=1S/C21H14N4O4S/c26-19(13-6-9-16(10-7-13)25(28)29)24-21-23-17-11-8-14(12-18(17)30-21)20(27)22-15-4-2-1-3-5-15/h1-12H,(H,22,27)(H,23,24,26). The third kappa shape index (κ3) is 4.15. The van der Waals surface area contributed by atoms with Gasteiger partial charge < -0.3 is 5.32 Å². The number of non-ortho nitro benzene ring substituents is 1. The van der Waals surface area contributed by atoms with Gasteiger partial charge in [-0.3, -0.25) is 25.0 Å². The molecule has 0 atom stereocenters. The molecule has 30 heavy (non-hydrogen) atoms. The van der Waals surface area contributed by atoms with E-state index in [1.54, 1.807) is 30.3 Å². The second-order valence-corrected chi connectivity index (χ2v) is 7.31. The van der Waals surface area contributed by atoms with Gasteiger partial charge in [-0.25, -0.2) is 4.98 Å². The van der Waals surface area contributed by atoms with Crippen LogP contribution in [0.15, 0.2) is 72.8 Å². The molecule has 0 spiro atoms. The first-order chi connectivity index (χ1) is 14.5. The molecule has 0 saturated heterocycles. The van der Waals surface area contributed by atoms with Gasteiger partial charge in [0.2, 0.25) is 0 Å². The van der Waals surface area contributed by atoms with E-state index in [4.69, 9.17) is 0 Å². The second kappa shape index (κ2) is 8.10. The Morgan fingerprint density at radius 3 is 2.23 bits per heavy atom. The molecule has 0 aliphatic heterocycles. The summed E-state index contributed by atoms with van der Waals surface area (Å²) in [6, 6.07) is 19.5. The number of fused-ring (bicyclic) bond motifs is 1. The molecule has 0 aliphatic rings. The van der Waals surface area contributed by atoms with Crippen molar-refractivity contribution in [3.8, 4) is 0 Å². The van der Waals surface area contributed by atoms with Crippen molar-refractivity contribution < 1.29 is 14.5 Å². The molecule has 2 amide bonds. The molecule has 0 unspecified atom stereocenters. The highest BCUT2D eigenvalue weighted by molar-refractivity contribution is 7.22. The number of nitro benzene ring substituents is 1. The zero-order valence-corrected chi connectivity index (χ0v) is 16.2. The first kappa shape index (κ1) is 19.2. The van der Waals surface area contributed by atoms with Crippen molar-refractivity contribution in [3.05, 3.63) is 94.0 Å². The zero-order valence-electron chi connectivity index (χ0n) is 15.4. The van der Waals surface area contributed by atoms with E-state index in [1.165, 1.54) is 35.6 Å². The number of thiazole rings is 1. The van der Waals surface area contributed by atoms with Crippen LogP contribution in [-0.2, 0) is 0 Å². The Bertz CT molecular complexity index is 1250. The Kier molecular flexibility index (Phi) is 5.19. The van der Waals surface area contributed by atoms with Gasteiger partial charge in [0.25, 0.3) is 17.5 Å². The number of carbonyl (C=O) groups excluding carboxylic acids is 2. The van der Waals surface area contributed by atoms with Crippen molar-refractivity contribution in [2.75, 3.05) is 10.6 Å². The van der Waals surface area contributed by atoms with Gasteiger partial charge in [0.1, 0.15) is 0 Å². The van der Waals surface area contributed by atoms with Crippen molar-refractivity contribution in [2.45, 2.75) is 0 Å². The van der Waals surface area contributed by atoms with Crippen LogP contribution in [0, 0.1) is 10.1 Å². The summed E-state index contributed by atoms with van der Waals surface area (Å²) in [6.45, 7) is 0. The fraction of sp³-hybridized carbons (Fsp3) is 0. The summed E-state index contributed by atoms with van der Waals surface area (Å²) >= 11 is 1.23. The number of amides is 2. The Morgan fingerprint density at radius 2 is 1.53 bits per heavy atom. The molecule has 9 heteroatoms. The monoisotopic (exact) mass is 418 g/mol. The normalized spacial score (nSPS) is 10.5. The first-order valence-electron chi connectivity index (χ1n) is 8.82. The molecule has 1 heterocycles. The van der Waals surface area contributed by atoms with Crippen molar-refractivity contribution in [1.82, 2.24) is 4.98 Å². The average molecular weight is 418 g/mol. The van der Waals surface area contributed by atoms with E-state index in [9.17, 15) is 19.7 Å². The maximum atomic E-state index is 12.5. The number of nitro groups is 1. The molecule has 0 radical (unpaired) electrons. The minimum absolute atomic E-state index is 0.0900. The Morgan fingerprint density at radius 1 is 0.867 bits per heavy atom. The molecule has 4 rings (SSSR count).